The lowest BCUT2D eigenvalue weighted by molar-refractivity contribution is 0.102. The summed E-state index contributed by atoms with van der Waals surface area (Å²) in [5.74, 6) is -0.240. The van der Waals surface area contributed by atoms with Gasteiger partial charge in [-0.25, -0.2) is 0 Å². The second-order valence-corrected chi connectivity index (χ2v) is 4.23. The zero-order valence-corrected chi connectivity index (χ0v) is 10.8. The SMILES string of the molecule is CCn1cc(Br)c(C(=O)Nc2ccncc2)n1. The number of hydrogen-bond donors (Lipinski definition) is 1. The molecule has 5 nitrogen and oxygen atoms in total. The number of amides is 1. The highest BCUT2D eigenvalue weighted by Crippen LogP contribution is 2.16. The summed E-state index contributed by atoms with van der Waals surface area (Å²) in [5, 5.41) is 6.92. The van der Waals surface area contributed by atoms with Crippen LogP contribution in [0.2, 0.25) is 0 Å². The summed E-state index contributed by atoms with van der Waals surface area (Å²) in [5.41, 5.74) is 1.08. The maximum absolute atomic E-state index is 11.9. The molecule has 0 aromatic carbocycles. The Bertz CT molecular complexity index is 524. The van der Waals surface area contributed by atoms with Gasteiger partial charge in [0.15, 0.2) is 5.69 Å². The number of aromatic nitrogens is 3. The summed E-state index contributed by atoms with van der Waals surface area (Å²) < 4.78 is 2.39. The minimum absolute atomic E-state index is 0.240. The first-order chi connectivity index (χ1) is 8.20. The monoisotopic (exact) mass is 294 g/mol. The van der Waals surface area contributed by atoms with Gasteiger partial charge in [0.05, 0.1) is 4.47 Å². The van der Waals surface area contributed by atoms with Crippen LogP contribution in [0.15, 0.2) is 35.2 Å². The van der Waals surface area contributed by atoms with Crippen molar-refractivity contribution in [2.75, 3.05) is 5.32 Å². The van der Waals surface area contributed by atoms with Crippen LogP contribution in [-0.4, -0.2) is 20.7 Å². The van der Waals surface area contributed by atoms with Crippen molar-refractivity contribution in [2.24, 2.45) is 0 Å². The largest absolute Gasteiger partial charge is 0.320 e. The zero-order chi connectivity index (χ0) is 12.3. The Balaban J connectivity index is 2.17. The number of nitrogens with one attached hydrogen (secondary N) is 1. The van der Waals surface area contributed by atoms with Crippen molar-refractivity contribution in [2.45, 2.75) is 13.5 Å². The smallest absolute Gasteiger partial charge is 0.277 e. The predicted molar refractivity (Wildman–Crippen MR) is 67.8 cm³/mol. The molecule has 0 bridgehead atoms. The number of carbonyl (C=O) groups is 1. The van der Waals surface area contributed by atoms with Gasteiger partial charge in [0.2, 0.25) is 0 Å². The highest BCUT2D eigenvalue weighted by Gasteiger charge is 2.14. The van der Waals surface area contributed by atoms with Crippen molar-refractivity contribution in [3.8, 4) is 0 Å². The molecule has 2 aromatic rings. The van der Waals surface area contributed by atoms with Crippen molar-refractivity contribution < 1.29 is 4.79 Å². The molecule has 2 rings (SSSR count). The van der Waals surface area contributed by atoms with E-state index in [0.717, 1.165) is 6.54 Å². The number of anilines is 1. The van der Waals surface area contributed by atoms with Crippen molar-refractivity contribution in [3.05, 3.63) is 40.9 Å². The van der Waals surface area contributed by atoms with E-state index in [9.17, 15) is 4.79 Å². The van der Waals surface area contributed by atoms with E-state index in [1.165, 1.54) is 0 Å². The fourth-order valence-corrected chi connectivity index (χ4v) is 1.83. The Morgan fingerprint density at radius 2 is 2.18 bits per heavy atom. The van der Waals surface area contributed by atoms with E-state index in [2.05, 4.69) is 31.3 Å². The van der Waals surface area contributed by atoms with E-state index in [1.807, 2.05) is 6.92 Å². The third kappa shape index (κ3) is 2.71. The summed E-state index contributed by atoms with van der Waals surface area (Å²) in [6.07, 6.45) is 5.02. The second kappa shape index (κ2) is 5.09. The first-order valence-corrected chi connectivity index (χ1v) is 5.94. The van der Waals surface area contributed by atoms with E-state index in [4.69, 9.17) is 0 Å². The number of carbonyl (C=O) groups excluding carboxylic acids is 1. The third-order valence-electron chi connectivity index (χ3n) is 2.19. The van der Waals surface area contributed by atoms with Crippen LogP contribution >= 0.6 is 15.9 Å². The molecular weight excluding hydrogens is 284 g/mol. The molecule has 0 radical (unpaired) electrons. The standard InChI is InChI=1S/C11H11BrN4O/c1-2-16-7-9(12)10(15-16)11(17)14-8-3-5-13-6-4-8/h3-7H,2H2,1H3,(H,13,14,17). The van der Waals surface area contributed by atoms with Gasteiger partial charge in [-0.3, -0.25) is 14.5 Å². The van der Waals surface area contributed by atoms with E-state index in [-0.39, 0.29) is 5.91 Å². The molecule has 0 fully saturated rings. The molecule has 17 heavy (non-hydrogen) atoms. The van der Waals surface area contributed by atoms with Gasteiger partial charge in [-0.05, 0) is 35.0 Å². The van der Waals surface area contributed by atoms with Crippen LogP contribution in [0.1, 0.15) is 17.4 Å². The van der Waals surface area contributed by atoms with E-state index < -0.39 is 0 Å². The summed E-state index contributed by atoms with van der Waals surface area (Å²) in [4.78, 5) is 15.8. The van der Waals surface area contributed by atoms with Crippen LogP contribution in [0.4, 0.5) is 5.69 Å². The number of rotatable bonds is 3. The average molecular weight is 295 g/mol. The number of hydrogen-bond acceptors (Lipinski definition) is 3. The number of aryl methyl sites for hydroxylation is 1. The molecule has 0 spiro atoms. The zero-order valence-electron chi connectivity index (χ0n) is 9.22. The first kappa shape index (κ1) is 11.8. The molecule has 0 aliphatic carbocycles. The van der Waals surface area contributed by atoms with Gasteiger partial charge in [-0.15, -0.1) is 0 Å². The predicted octanol–water partition coefficient (Wildman–Crippen LogP) is 2.31. The molecule has 6 heteroatoms. The van der Waals surface area contributed by atoms with Crippen LogP contribution in [0.3, 0.4) is 0 Å². The van der Waals surface area contributed by atoms with Gasteiger partial charge in [0, 0.05) is 30.8 Å². The van der Waals surface area contributed by atoms with E-state index >= 15 is 0 Å². The lowest BCUT2D eigenvalue weighted by Crippen LogP contribution is -2.13. The van der Waals surface area contributed by atoms with Crippen LogP contribution < -0.4 is 5.32 Å². The Kier molecular flexibility index (Phi) is 3.53. The summed E-state index contributed by atoms with van der Waals surface area (Å²) >= 11 is 3.32. The highest BCUT2D eigenvalue weighted by atomic mass is 79.9. The summed E-state index contributed by atoms with van der Waals surface area (Å²) in [7, 11) is 0. The minimum Gasteiger partial charge on any atom is -0.320 e. The molecule has 1 amide bonds. The van der Waals surface area contributed by atoms with E-state index in [1.54, 1.807) is 35.4 Å². The van der Waals surface area contributed by atoms with Crippen LogP contribution in [0.25, 0.3) is 0 Å². The third-order valence-corrected chi connectivity index (χ3v) is 2.77. The first-order valence-electron chi connectivity index (χ1n) is 5.15. The molecule has 2 heterocycles. The van der Waals surface area contributed by atoms with Gasteiger partial charge < -0.3 is 5.32 Å². The molecule has 2 aromatic heterocycles. The fourth-order valence-electron chi connectivity index (χ4n) is 1.34. The lowest BCUT2D eigenvalue weighted by Gasteiger charge is -2.02. The van der Waals surface area contributed by atoms with Crippen LogP contribution in [-0.2, 0) is 6.54 Å². The summed E-state index contributed by atoms with van der Waals surface area (Å²) in [6, 6.07) is 3.45. The molecular formula is C11H11BrN4O. The lowest BCUT2D eigenvalue weighted by atomic mass is 10.3. The van der Waals surface area contributed by atoms with Crippen molar-refractivity contribution in [1.29, 1.82) is 0 Å². The molecule has 1 N–H and O–H groups in total. The summed E-state index contributed by atoms with van der Waals surface area (Å²) in [6.45, 7) is 2.69. The van der Waals surface area contributed by atoms with Crippen LogP contribution in [0.5, 0.6) is 0 Å². The Labute approximate surface area is 107 Å². The minimum atomic E-state index is -0.240. The second-order valence-electron chi connectivity index (χ2n) is 3.37. The topological polar surface area (TPSA) is 59.8 Å². The normalized spacial score (nSPS) is 10.2. The van der Waals surface area contributed by atoms with Crippen LogP contribution in [0, 0.1) is 0 Å². The van der Waals surface area contributed by atoms with Gasteiger partial charge >= 0.3 is 0 Å². The molecule has 0 atom stereocenters. The Morgan fingerprint density at radius 1 is 1.47 bits per heavy atom. The number of halogens is 1. The molecule has 0 saturated heterocycles. The molecule has 0 aliphatic rings. The highest BCUT2D eigenvalue weighted by molar-refractivity contribution is 9.10. The molecule has 0 unspecified atom stereocenters. The van der Waals surface area contributed by atoms with Gasteiger partial charge in [0.1, 0.15) is 0 Å². The molecule has 0 saturated carbocycles. The van der Waals surface area contributed by atoms with Crippen molar-refractivity contribution in [1.82, 2.24) is 14.8 Å². The maximum atomic E-state index is 11.9. The van der Waals surface area contributed by atoms with Gasteiger partial charge in [-0.2, -0.15) is 5.10 Å². The quantitative estimate of drug-likeness (QED) is 0.945. The number of pyridine rings is 1. The fraction of sp³-hybridized carbons (Fsp3) is 0.182. The van der Waals surface area contributed by atoms with Gasteiger partial charge in [0.25, 0.3) is 5.91 Å². The molecule has 88 valence electrons. The Hall–Kier alpha value is -1.69. The average Bonchev–Trinajstić information content (AvgIpc) is 2.72. The Morgan fingerprint density at radius 3 is 2.76 bits per heavy atom. The van der Waals surface area contributed by atoms with Crippen molar-refractivity contribution >= 4 is 27.5 Å². The maximum Gasteiger partial charge on any atom is 0.277 e. The molecule has 0 aliphatic heterocycles. The van der Waals surface area contributed by atoms with Crippen molar-refractivity contribution in [3.63, 3.8) is 0 Å². The van der Waals surface area contributed by atoms with Gasteiger partial charge in [-0.1, -0.05) is 0 Å². The van der Waals surface area contributed by atoms with E-state index in [0.29, 0.717) is 15.9 Å². The number of nitrogens with zero attached hydrogens (tertiary/aromatic N) is 3.